The molecule has 1 aromatic rings. The number of alkyl carbamates (subject to hydrolysis) is 1. The number of rotatable bonds is 6. The van der Waals surface area contributed by atoms with Gasteiger partial charge >= 0.3 is 6.09 Å². The maximum Gasteiger partial charge on any atom is 0.407 e. The quantitative estimate of drug-likeness (QED) is 0.740. The second kappa shape index (κ2) is 8.36. The van der Waals surface area contributed by atoms with E-state index in [1.165, 1.54) is 0 Å². The van der Waals surface area contributed by atoms with Crippen LogP contribution >= 0.6 is 38.9 Å². The first kappa shape index (κ1) is 18.7. The normalized spacial score (nSPS) is 13.0. The molecule has 0 saturated heterocycles. The minimum atomic E-state index is -0.473. The predicted molar refractivity (Wildman–Crippen MR) is 92.2 cm³/mol. The smallest absolute Gasteiger partial charge is 0.407 e. The summed E-state index contributed by atoms with van der Waals surface area (Å²) in [6.07, 6.45) is 0.528. The van der Waals surface area contributed by atoms with Crippen molar-refractivity contribution in [2.24, 2.45) is 0 Å². The highest BCUT2D eigenvalue weighted by Gasteiger charge is 2.17. The van der Waals surface area contributed by atoms with Gasteiger partial charge < -0.3 is 15.4 Å². The molecule has 7 heteroatoms. The number of thiophene rings is 1. The van der Waals surface area contributed by atoms with Crippen molar-refractivity contribution < 1.29 is 9.53 Å². The van der Waals surface area contributed by atoms with Crippen molar-refractivity contribution in [1.82, 2.24) is 10.6 Å². The molecule has 0 aromatic carbocycles. The van der Waals surface area contributed by atoms with E-state index >= 15 is 0 Å². The minimum Gasteiger partial charge on any atom is -0.444 e. The Bertz CT molecular complexity index is 455. The van der Waals surface area contributed by atoms with E-state index < -0.39 is 5.60 Å². The van der Waals surface area contributed by atoms with Crippen LogP contribution in [0, 0.1) is 0 Å². The second-order valence-corrected chi connectivity index (χ2v) is 8.30. The SMILES string of the molecule is CCC(CNC(=O)OC(C)(C)C)NCc1cc(Br)c(Cl)s1. The molecule has 120 valence electrons. The van der Waals surface area contributed by atoms with E-state index in [9.17, 15) is 4.79 Å². The lowest BCUT2D eigenvalue weighted by Gasteiger charge is -2.22. The highest BCUT2D eigenvalue weighted by Crippen LogP contribution is 2.31. The Labute approximate surface area is 143 Å². The number of amides is 1. The summed E-state index contributed by atoms with van der Waals surface area (Å²) in [5, 5.41) is 6.19. The van der Waals surface area contributed by atoms with Crippen LogP contribution in [0.3, 0.4) is 0 Å². The summed E-state index contributed by atoms with van der Waals surface area (Å²) in [6.45, 7) is 8.88. The molecule has 0 bridgehead atoms. The van der Waals surface area contributed by atoms with Crippen LogP contribution in [-0.2, 0) is 11.3 Å². The largest absolute Gasteiger partial charge is 0.444 e. The molecular weight excluding hydrogens is 376 g/mol. The summed E-state index contributed by atoms with van der Waals surface area (Å²) in [5.74, 6) is 0. The average molecular weight is 398 g/mol. The molecule has 0 aliphatic carbocycles. The van der Waals surface area contributed by atoms with E-state index in [-0.39, 0.29) is 12.1 Å². The Morgan fingerprint density at radius 2 is 2.19 bits per heavy atom. The first-order valence-electron chi connectivity index (χ1n) is 6.85. The van der Waals surface area contributed by atoms with Gasteiger partial charge in [0.25, 0.3) is 0 Å². The van der Waals surface area contributed by atoms with Crippen molar-refractivity contribution in [1.29, 1.82) is 0 Å². The van der Waals surface area contributed by atoms with Crippen molar-refractivity contribution >= 4 is 45.0 Å². The molecule has 2 N–H and O–H groups in total. The summed E-state index contributed by atoms with van der Waals surface area (Å²) in [7, 11) is 0. The molecule has 1 aromatic heterocycles. The molecule has 21 heavy (non-hydrogen) atoms. The van der Waals surface area contributed by atoms with E-state index in [0.29, 0.717) is 6.54 Å². The molecule has 4 nitrogen and oxygen atoms in total. The predicted octanol–water partition coefficient (Wildman–Crippen LogP) is 4.56. The maximum absolute atomic E-state index is 11.6. The van der Waals surface area contributed by atoms with E-state index in [0.717, 1.165) is 26.7 Å². The Hall–Kier alpha value is -0.300. The lowest BCUT2D eigenvalue weighted by atomic mass is 10.2. The van der Waals surface area contributed by atoms with E-state index in [4.69, 9.17) is 16.3 Å². The number of hydrogen-bond donors (Lipinski definition) is 2. The van der Waals surface area contributed by atoms with Gasteiger partial charge in [0, 0.05) is 28.5 Å². The third kappa shape index (κ3) is 7.49. The van der Waals surface area contributed by atoms with Gasteiger partial charge in [0.15, 0.2) is 0 Å². The van der Waals surface area contributed by atoms with Gasteiger partial charge in [-0.3, -0.25) is 0 Å². The minimum absolute atomic E-state index is 0.192. The fourth-order valence-corrected chi connectivity index (χ4v) is 3.35. The molecule has 0 fully saturated rings. The molecule has 1 heterocycles. The Morgan fingerprint density at radius 1 is 1.52 bits per heavy atom. The van der Waals surface area contributed by atoms with Crippen molar-refractivity contribution in [2.75, 3.05) is 6.54 Å². The number of hydrogen-bond acceptors (Lipinski definition) is 4. The van der Waals surface area contributed by atoms with Gasteiger partial charge in [-0.25, -0.2) is 4.79 Å². The number of carbonyl (C=O) groups is 1. The van der Waals surface area contributed by atoms with Crippen LogP contribution in [-0.4, -0.2) is 24.3 Å². The van der Waals surface area contributed by atoms with Crippen LogP contribution in [0.2, 0.25) is 4.34 Å². The summed E-state index contributed by atoms with van der Waals surface area (Å²) in [5.41, 5.74) is -0.473. The van der Waals surface area contributed by atoms with E-state index in [1.54, 1.807) is 11.3 Å². The zero-order valence-corrected chi connectivity index (χ0v) is 15.9. The summed E-state index contributed by atoms with van der Waals surface area (Å²) >= 11 is 11.0. The van der Waals surface area contributed by atoms with Gasteiger partial charge in [0.1, 0.15) is 9.94 Å². The lowest BCUT2D eigenvalue weighted by molar-refractivity contribution is 0.0522. The topological polar surface area (TPSA) is 50.4 Å². The van der Waals surface area contributed by atoms with E-state index in [2.05, 4.69) is 33.5 Å². The molecule has 0 aliphatic rings. The molecular formula is C14H22BrClN2O2S. The zero-order valence-electron chi connectivity index (χ0n) is 12.8. The van der Waals surface area contributed by atoms with Gasteiger partial charge in [-0.15, -0.1) is 11.3 Å². The standard InChI is InChI=1S/C14H22BrClN2O2S/c1-5-9(7-18-13(19)20-14(2,3)4)17-8-10-6-11(15)12(16)21-10/h6,9,17H,5,7-8H2,1-4H3,(H,18,19). The van der Waals surface area contributed by atoms with Crippen molar-refractivity contribution in [2.45, 2.75) is 52.3 Å². The third-order valence-electron chi connectivity index (χ3n) is 2.65. The van der Waals surface area contributed by atoms with Gasteiger partial charge in [0.2, 0.25) is 0 Å². The fourth-order valence-electron chi connectivity index (χ4n) is 1.60. The van der Waals surface area contributed by atoms with Crippen LogP contribution in [0.4, 0.5) is 4.79 Å². The molecule has 1 amide bonds. The number of carbonyl (C=O) groups excluding carboxylic acids is 1. The molecule has 0 aliphatic heterocycles. The van der Waals surface area contributed by atoms with Crippen LogP contribution < -0.4 is 10.6 Å². The Balaban J connectivity index is 2.36. The van der Waals surface area contributed by atoms with Gasteiger partial charge in [-0.2, -0.15) is 0 Å². The van der Waals surface area contributed by atoms with Gasteiger partial charge in [-0.1, -0.05) is 18.5 Å². The monoisotopic (exact) mass is 396 g/mol. The molecule has 1 unspecified atom stereocenters. The van der Waals surface area contributed by atoms with Gasteiger partial charge in [0.05, 0.1) is 0 Å². The fraction of sp³-hybridized carbons (Fsp3) is 0.643. The first-order chi connectivity index (χ1) is 9.71. The zero-order chi connectivity index (χ0) is 16.0. The van der Waals surface area contributed by atoms with Crippen LogP contribution in [0.5, 0.6) is 0 Å². The Morgan fingerprint density at radius 3 is 2.67 bits per heavy atom. The second-order valence-electron chi connectivity index (χ2n) is 5.70. The average Bonchev–Trinajstić information content (AvgIpc) is 2.67. The highest BCUT2D eigenvalue weighted by atomic mass is 79.9. The molecule has 0 saturated carbocycles. The number of halogens is 2. The first-order valence-corrected chi connectivity index (χ1v) is 8.84. The number of ether oxygens (including phenoxy) is 1. The van der Waals surface area contributed by atoms with Crippen LogP contribution in [0.15, 0.2) is 10.5 Å². The molecule has 1 atom stereocenters. The van der Waals surface area contributed by atoms with Crippen LogP contribution in [0.1, 0.15) is 39.0 Å². The third-order valence-corrected chi connectivity index (χ3v) is 5.12. The number of nitrogens with one attached hydrogen (secondary N) is 2. The maximum atomic E-state index is 11.6. The van der Waals surface area contributed by atoms with Crippen molar-refractivity contribution in [3.05, 3.63) is 19.8 Å². The van der Waals surface area contributed by atoms with Crippen molar-refractivity contribution in [3.8, 4) is 0 Å². The van der Waals surface area contributed by atoms with E-state index in [1.807, 2.05) is 26.8 Å². The summed E-state index contributed by atoms with van der Waals surface area (Å²) in [4.78, 5) is 12.8. The molecule has 0 radical (unpaired) electrons. The summed E-state index contributed by atoms with van der Waals surface area (Å²) < 4.78 is 6.89. The summed E-state index contributed by atoms with van der Waals surface area (Å²) in [6, 6.07) is 2.20. The molecule has 1 rings (SSSR count). The van der Waals surface area contributed by atoms with Crippen LogP contribution in [0.25, 0.3) is 0 Å². The molecule has 0 spiro atoms. The van der Waals surface area contributed by atoms with Crippen molar-refractivity contribution in [3.63, 3.8) is 0 Å². The Kier molecular flexibility index (Phi) is 7.47. The highest BCUT2D eigenvalue weighted by molar-refractivity contribution is 9.10. The lowest BCUT2D eigenvalue weighted by Crippen LogP contribution is -2.42. The van der Waals surface area contributed by atoms with Gasteiger partial charge in [-0.05, 0) is 49.2 Å².